The van der Waals surface area contributed by atoms with Gasteiger partial charge in [-0.05, 0) is 12.5 Å². The third kappa shape index (κ3) is 5.04. The van der Waals surface area contributed by atoms with Crippen LogP contribution in [0.25, 0.3) is 0 Å². The molecule has 0 aliphatic rings. The minimum absolute atomic E-state index is 0.0658. The van der Waals surface area contributed by atoms with Crippen LogP contribution in [0.4, 0.5) is 13.2 Å². The molecule has 0 saturated carbocycles. The normalized spacial score (nSPS) is 11.6. The molecule has 0 fully saturated rings. The van der Waals surface area contributed by atoms with Crippen LogP contribution in [-0.2, 0) is 17.5 Å². The molecule has 1 aromatic heterocycles. The summed E-state index contributed by atoms with van der Waals surface area (Å²) in [7, 11) is 0. The Hall–Kier alpha value is -1.34. The first-order valence-corrected chi connectivity index (χ1v) is 5.96. The van der Waals surface area contributed by atoms with Crippen LogP contribution in [0.2, 0.25) is 0 Å². The first-order valence-electron chi connectivity index (χ1n) is 5.96. The summed E-state index contributed by atoms with van der Waals surface area (Å²) in [6.07, 6.45) is -3.63. The lowest BCUT2D eigenvalue weighted by Crippen LogP contribution is -2.14. The molecule has 0 spiro atoms. The second kappa shape index (κ2) is 7.30. The molecule has 0 aliphatic carbocycles. The van der Waals surface area contributed by atoms with E-state index in [1.165, 1.54) is 6.07 Å². The van der Waals surface area contributed by atoms with Gasteiger partial charge in [0.1, 0.15) is 12.3 Å². The largest absolute Gasteiger partial charge is 0.475 e. The summed E-state index contributed by atoms with van der Waals surface area (Å²) in [6, 6.07) is 2.17. The van der Waals surface area contributed by atoms with E-state index in [1.807, 2.05) is 6.92 Å². The molecule has 0 radical (unpaired) electrons. The SMILES string of the molecule is CCCOCCOc1nc(C(F)(F)F)ccc1CN. The highest BCUT2D eigenvalue weighted by atomic mass is 19.4. The topological polar surface area (TPSA) is 57.4 Å². The van der Waals surface area contributed by atoms with Gasteiger partial charge < -0.3 is 15.2 Å². The third-order valence-corrected chi connectivity index (χ3v) is 2.26. The Balaban J connectivity index is 2.68. The molecule has 19 heavy (non-hydrogen) atoms. The molecular formula is C12H17F3N2O2. The fourth-order valence-electron chi connectivity index (χ4n) is 1.35. The highest BCUT2D eigenvalue weighted by molar-refractivity contribution is 5.29. The molecule has 1 aromatic rings. The lowest BCUT2D eigenvalue weighted by atomic mass is 10.2. The van der Waals surface area contributed by atoms with Crippen LogP contribution >= 0.6 is 0 Å². The average Bonchev–Trinajstić information content (AvgIpc) is 2.37. The molecule has 0 amide bonds. The van der Waals surface area contributed by atoms with Gasteiger partial charge in [0.05, 0.1) is 6.61 Å². The van der Waals surface area contributed by atoms with Crippen LogP contribution in [0.5, 0.6) is 5.88 Å². The van der Waals surface area contributed by atoms with E-state index in [1.54, 1.807) is 0 Å². The van der Waals surface area contributed by atoms with Crippen molar-refractivity contribution >= 4 is 0 Å². The van der Waals surface area contributed by atoms with E-state index in [9.17, 15) is 13.2 Å². The number of ether oxygens (including phenoxy) is 2. The van der Waals surface area contributed by atoms with Crippen LogP contribution in [0, 0.1) is 0 Å². The zero-order chi connectivity index (χ0) is 14.3. The van der Waals surface area contributed by atoms with Crippen molar-refractivity contribution in [3.8, 4) is 5.88 Å². The summed E-state index contributed by atoms with van der Waals surface area (Å²) in [5, 5.41) is 0. The fraction of sp³-hybridized carbons (Fsp3) is 0.583. The zero-order valence-corrected chi connectivity index (χ0v) is 10.7. The van der Waals surface area contributed by atoms with Gasteiger partial charge in [-0.3, -0.25) is 0 Å². The van der Waals surface area contributed by atoms with Crippen molar-refractivity contribution < 1.29 is 22.6 Å². The van der Waals surface area contributed by atoms with Crippen LogP contribution in [0.1, 0.15) is 24.6 Å². The molecule has 0 aliphatic heterocycles. The van der Waals surface area contributed by atoms with Crippen LogP contribution < -0.4 is 10.5 Å². The number of hydrogen-bond donors (Lipinski definition) is 1. The predicted octanol–water partition coefficient (Wildman–Crippen LogP) is 2.36. The highest BCUT2D eigenvalue weighted by Crippen LogP contribution is 2.30. The maximum atomic E-state index is 12.5. The summed E-state index contributed by atoms with van der Waals surface area (Å²) >= 11 is 0. The Morgan fingerprint density at radius 2 is 1.95 bits per heavy atom. The van der Waals surface area contributed by atoms with Gasteiger partial charge in [-0.1, -0.05) is 13.0 Å². The van der Waals surface area contributed by atoms with Crippen LogP contribution in [0.15, 0.2) is 12.1 Å². The van der Waals surface area contributed by atoms with E-state index in [-0.39, 0.29) is 19.0 Å². The summed E-state index contributed by atoms with van der Waals surface area (Å²) in [5.41, 5.74) is 4.87. The second-order valence-corrected chi connectivity index (χ2v) is 3.82. The quantitative estimate of drug-likeness (QED) is 0.778. The van der Waals surface area contributed by atoms with E-state index >= 15 is 0 Å². The molecule has 0 saturated heterocycles. The van der Waals surface area contributed by atoms with E-state index in [2.05, 4.69) is 4.98 Å². The second-order valence-electron chi connectivity index (χ2n) is 3.82. The van der Waals surface area contributed by atoms with E-state index < -0.39 is 11.9 Å². The minimum Gasteiger partial charge on any atom is -0.475 e. The van der Waals surface area contributed by atoms with Crippen molar-refractivity contribution in [1.82, 2.24) is 4.98 Å². The molecule has 0 unspecified atom stereocenters. The van der Waals surface area contributed by atoms with Crippen molar-refractivity contribution in [2.45, 2.75) is 26.1 Å². The van der Waals surface area contributed by atoms with Crippen LogP contribution in [0.3, 0.4) is 0 Å². The minimum atomic E-state index is -4.50. The highest BCUT2D eigenvalue weighted by Gasteiger charge is 2.33. The van der Waals surface area contributed by atoms with Gasteiger partial charge in [0, 0.05) is 18.7 Å². The van der Waals surface area contributed by atoms with Gasteiger partial charge in [-0.2, -0.15) is 13.2 Å². The molecule has 108 valence electrons. The number of aromatic nitrogens is 1. The molecule has 1 rings (SSSR count). The van der Waals surface area contributed by atoms with Crippen molar-refractivity contribution in [3.63, 3.8) is 0 Å². The third-order valence-electron chi connectivity index (χ3n) is 2.26. The van der Waals surface area contributed by atoms with E-state index in [4.69, 9.17) is 15.2 Å². The first-order chi connectivity index (χ1) is 8.99. The van der Waals surface area contributed by atoms with Gasteiger partial charge >= 0.3 is 6.18 Å². The van der Waals surface area contributed by atoms with Crippen molar-refractivity contribution in [2.75, 3.05) is 19.8 Å². The summed E-state index contributed by atoms with van der Waals surface area (Å²) < 4.78 is 47.9. The van der Waals surface area contributed by atoms with Gasteiger partial charge in [0.15, 0.2) is 0 Å². The maximum Gasteiger partial charge on any atom is 0.433 e. The number of alkyl halides is 3. The van der Waals surface area contributed by atoms with E-state index in [0.717, 1.165) is 12.5 Å². The Morgan fingerprint density at radius 3 is 2.53 bits per heavy atom. The first kappa shape index (κ1) is 15.7. The fourth-order valence-corrected chi connectivity index (χ4v) is 1.35. The summed E-state index contributed by atoms with van der Waals surface area (Å²) in [5.74, 6) is -0.0857. The Labute approximate surface area is 109 Å². The average molecular weight is 278 g/mol. The Morgan fingerprint density at radius 1 is 1.21 bits per heavy atom. The van der Waals surface area contributed by atoms with Gasteiger partial charge in [0.25, 0.3) is 0 Å². The summed E-state index contributed by atoms with van der Waals surface area (Å²) in [4.78, 5) is 3.45. The number of rotatable bonds is 7. The molecule has 2 N–H and O–H groups in total. The number of nitrogens with two attached hydrogens (primary N) is 1. The number of nitrogens with zero attached hydrogens (tertiary/aromatic N) is 1. The predicted molar refractivity (Wildman–Crippen MR) is 63.7 cm³/mol. The van der Waals surface area contributed by atoms with Crippen LogP contribution in [-0.4, -0.2) is 24.8 Å². The van der Waals surface area contributed by atoms with Gasteiger partial charge in [-0.15, -0.1) is 0 Å². The Bertz CT molecular complexity index is 397. The molecular weight excluding hydrogens is 261 g/mol. The Kier molecular flexibility index (Phi) is 6.04. The number of hydrogen-bond acceptors (Lipinski definition) is 4. The number of halogens is 3. The summed E-state index contributed by atoms with van der Waals surface area (Å²) in [6.45, 7) is 3.05. The molecule has 0 atom stereocenters. The molecule has 4 nitrogen and oxygen atoms in total. The zero-order valence-electron chi connectivity index (χ0n) is 10.7. The molecule has 0 aromatic carbocycles. The van der Waals surface area contributed by atoms with E-state index in [0.29, 0.717) is 18.8 Å². The number of pyridine rings is 1. The lowest BCUT2D eigenvalue weighted by molar-refractivity contribution is -0.141. The van der Waals surface area contributed by atoms with Gasteiger partial charge in [-0.25, -0.2) is 4.98 Å². The molecule has 0 bridgehead atoms. The van der Waals surface area contributed by atoms with Gasteiger partial charge in [0.2, 0.25) is 5.88 Å². The van der Waals surface area contributed by atoms with Crippen molar-refractivity contribution in [3.05, 3.63) is 23.4 Å². The molecule has 1 heterocycles. The molecule has 7 heteroatoms. The standard InChI is InChI=1S/C12H17F3N2O2/c1-2-5-18-6-7-19-11-9(8-16)3-4-10(17-11)12(13,14)15/h3-4H,2,5-8,16H2,1H3. The maximum absolute atomic E-state index is 12.5. The van der Waals surface area contributed by atoms with Crippen molar-refractivity contribution in [1.29, 1.82) is 0 Å². The smallest absolute Gasteiger partial charge is 0.433 e. The lowest BCUT2D eigenvalue weighted by Gasteiger charge is -2.12. The monoisotopic (exact) mass is 278 g/mol. The van der Waals surface area contributed by atoms with Crippen molar-refractivity contribution in [2.24, 2.45) is 5.73 Å².